The molecule has 5 rings (SSSR count). The van der Waals surface area contributed by atoms with Crippen LogP contribution in [-0.2, 0) is 0 Å². The Labute approximate surface area is 200 Å². The van der Waals surface area contributed by atoms with Gasteiger partial charge in [0, 0.05) is 30.2 Å². The standard InChI is InChI=1S/C25H27F3N6O/c1-15(2)35-19-6-4-5-16-7-9-18(30-21(16)19)23-32-31-20-10-8-17(13-34(20)23)22(25(26,27)28)33-12-11-24(3,29)14-33/h4-10,13,15,22H,11-12,14,29H2,1-3H3/t22-,24-/m1/s1. The number of rotatable bonds is 5. The fourth-order valence-electron chi connectivity index (χ4n) is 4.69. The number of likely N-dealkylation sites (tertiary alicyclic amines) is 1. The number of nitrogens with zero attached hydrogens (tertiary/aromatic N) is 5. The molecular formula is C25H27F3N6O. The van der Waals surface area contributed by atoms with Gasteiger partial charge < -0.3 is 10.5 Å². The van der Waals surface area contributed by atoms with Gasteiger partial charge in [-0.2, -0.15) is 13.2 Å². The summed E-state index contributed by atoms with van der Waals surface area (Å²) in [5, 5.41) is 9.28. The molecule has 1 aliphatic heterocycles. The van der Waals surface area contributed by atoms with E-state index in [1.807, 2.05) is 38.1 Å². The summed E-state index contributed by atoms with van der Waals surface area (Å²) in [5.74, 6) is 0.985. The third-order valence-electron chi connectivity index (χ3n) is 6.23. The van der Waals surface area contributed by atoms with Crippen LogP contribution in [0.3, 0.4) is 0 Å². The summed E-state index contributed by atoms with van der Waals surface area (Å²) < 4.78 is 50.2. The molecule has 0 amide bonds. The third kappa shape index (κ3) is 4.55. The molecule has 2 N–H and O–H groups in total. The molecule has 1 aliphatic rings. The summed E-state index contributed by atoms with van der Waals surface area (Å²) >= 11 is 0. The minimum Gasteiger partial charge on any atom is -0.489 e. The topological polar surface area (TPSA) is 81.6 Å². The lowest BCUT2D eigenvalue weighted by atomic mass is 10.0. The van der Waals surface area contributed by atoms with Crippen molar-refractivity contribution in [2.24, 2.45) is 5.73 Å². The Hall–Kier alpha value is -3.24. The molecule has 4 heterocycles. The minimum absolute atomic E-state index is 0.0391. The van der Waals surface area contributed by atoms with Gasteiger partial charge in [-0.3, -0.25) is 9.30 Å². The van der Waals surface area contributed by atoms with Crippen LogP contribution < -0.4 is 10.5 Å². The first-order valence-electron chi connectivity index (χ1n) is 11.5. The number of hydrogen-bond donors (Lipinski definition) is 1. The van der Waals surface area contributed by atoms with Gasteiger partial charge in [-0.1, -0.05) is 24.3 Å². The zero-order valence-corrected chi connectivity index (χ0v) is 19.8. The van der Waals surface area contributed by atoms with Gasteiger partial charge in [0.25, 0.3) is 0 Å². The van der Waals surface area contributed by atoms with Crippen LogP contribution in [0.4, 0.5) is 13.2 Å². The Bertz CT molecular complexity index is 1380. The van der Waals surface area contributed by atoms with Gasteiger partial charge in [0.15, 0.2) is 11.5 Å². The molecule has 3 aromatic heterocycles. The van der Waals surface area contributed by atoms with Crippen LogP contribution >= 0.6 is 0 Å². The second-order valence-electron chi connectivity index (χ2n) is 9.72. The molecule has 2 atom stereocenters. The van der Waals surface area contributed by atoms with Crippen molar-refractivity contribution in [2.75, 3.05) is 13.1 Å². The first-order chi connectivity index (χ1) is 16.5. The van der Waals surface area contributed by atoms with Gasteiger partial charge in [0.05, 0.1) is 6.10 Å². The van der Waals surface area contributed by atoms with E-state index in [2.05, 4.69) is 10.2 Å². The highest BCUT2D eigenvalue weighted by Gasteiger charge is 2.48. The number of fused-ring (bicyclic) bond motifs is 2. The summed E-state index contributed by atoms with van der Waals surface area (Å²) in [6.07, 6.45) is -2.55. The quantitative estimate of drug-likeness (QED) is 0.440. The van der Waals surface area contributed by atoms with Crippen LogP contribution in [0.1, 0.15) is 38.8 Å². The lowest BCUT2D eigenvalue weighted by molar-refractivity contribution is -0.184. The molecule has 4 aromatic rings. The van der Waals surface area contributed by atoms with Gasteiger partial charge >= 0.3 is 6.18 Å². The second kappa shape index (κ2) is 8.46. The lowest BCUT2D eigenvalue weighted by Gasteiger charge is -2.31. The van der Waals surface area contributed by atoms with Crippen molar-refractivity contribution in [3.05, 3.63) is 54.2 Å². The van der Waals surface area contributed by atoms with Crippen LogP contribution in [0, 0.1) is 0 Å². The molecule has 0 unspecified atom stereocenters. The Morgan fingerprint density at radius 2 is 1.89 bits per heavy atom. The van der Waals surface area contributed by atoms with Crippen LogP contribution in [0.2, 0.25) is 0 Å². The Morgan fingerprint density at radius 1 is 1.09 bits per heavy atom. The number of ether oxygens (including phenoxy) is 1. The molecule has 0 saturated carbocycles. The first kappa shape index (κ1) is 23.5. The van der Waals surface area contributed by atoms with E-state index in [1.54, 1.807) is 23.5 Å². The van der Waals surface area contributed by atoms with E-state index in [0.717, 1.165) is 5.39 Å². The average molecular weight is 485 g/mol. The number of alkyl halides is 3. The number of nitrogens with two attached hydrogens (primary N) is 1. The summed E-state index contributed by atoms with van der Waals surface area (Å²) in [6.45, 7) is 6.08. The van der Waals surface area contributed by atoms with Gasteiger partial charge in [-0.05, 0) is 51.0 Å². The van der Waals surface area contributed by atoms with Gasteiger partial charge in [-0.25, -0.2) is 4.98 Å². The number of hydrogen-bond acceptors (Lipinski definition) is 6. The van der Waals surface area contributed by atoms with Crippen molar-refractivity contribution in [2.45, 2.75) is 51.1 Å². The van der Waals surface area contributed by atoms with Gasteiger partial charge in [0.1, 0.15) is 23.0 Å². The maximum Gasteiger partial charge on any atom is 0.408 e. The molecule has 1 aromatic carbocycles. The largest absolute Gasteiger partial charge is 0.489 e. The van der Waals surface area contributed by atoms with E-state index in [0.29, 0.717) is 34.9 Å². The maximum absolute atomic E-state index is 14.2. The average Bonchev–Trinajstić information content (AvgIpc) is 3.35. The number of pyridine rings is 2. The third-order valence-corrected chi connectivity index (χ3v) is 6.23. The van der Waals surface area contributed by atoms with E-state index < -0.39 is 17.8 Å². The van der Waals surface area contributed by atoms with E-state index in [1.165, 1.54) is 17.2 Å². The summed E-state index contributed by atoms with van der Waals surface area (Å²) in [7, 11) is 0. The lowest BCUT2D eigenvalue weighted by Crippen LogP contribution is -2.43. The predicted octanol–water partition coefficient (Wildman–Crippen LogP) is 4.76. The van der Waals surface area contributed by atoms with Crippen molar-refractivity contribution in [3.63, 3.8) is 0 Å². The minimum atomic E-state index is -4.47. The van der Waals surface area contributed by atoms with Crippen LogP contribution in [0.5, 0.6) is 5.75 Å². The molecule has 0 aliphatic carbocycles. The first-order valence-corrected chi connectivity index (χ1v) is 11.5. The summed E-state index contributed by atoms with van der Waals surface area (Å²) in [6, 6.07) is 10.6. The van der Waals surface area contributed by atoms with Crippen LogP contribution in [0.25, 0.3) is 28.1 Å². The summed E-state index contributed by atoms with van der Waals surface area (Å²) in [4.78, 5) is 6.14. The number of halogens is 3. The number of para-hydroxylation sites is 1. The van der Waals surface area contributed by atoms with Crippen molar-refractivity contribution >= 4 is 16.6 Å². The van der Waals surface area contributed by atoms with Gasteiger partial charge in [-0.15, -0.1) is 10.2 Å². The zero-order chi connectivity index (χ0) is 25.0. The Morgan fingerprint density at radius 3 is 2.57 bits per heavy atom. The van der Waals surface area contributed by atoms with E-state index >= 15 is 0 Å². The highest BCUT2D eigenvalue weighted by molar-refractivity contribution is 5.86. The normalized spacial score (nSPS) is 20.2. The summed E-state index contributed by atoms with van der Waals surface area (Å²) in [5.41, 5.74) is 7.16. The van der Waals surface area contributed by atoms with E-state index in [9.17, 15) is 13.2 Å². The molecular weight excluding hydrogens is 457 g/mol. The van der Waals surface area contributed by atoms with E-state index in [-0.39, 0.29) is 24.8 Å². The highest BCUT2D eigenvalue weighted by Crippen LogP contribution is 2.41. The van der Waals surface area contributed by atoms with E-state index in [4.69, 9.17) is 15.5 Å². The number of aromatic nitrogens is 4. The fourth-order valence-corrected chi connectivity index (χ4v) is 4.69. The van der Waals surface area contributed by atoms with Crippen molar-refractivity contribution < 1.29 is 17.9 Å². The Balaban J connectivity index is 1.60. The Kier molecular flexibility index (Phi) is 5.68. The molecule has 0 bridgehead atoms. The zero-order valence-electron chi connectivity index (χ0n) is 19.8. The smallest absolute Gasteiger partial charge is 0.408 e. The molecule has 0 radical (unpaired) electrons. The molecule has 7 nitrogen and oxygen atoms in total. The molecule has 10 heteroatoms. The molecule has 35 heavy (non-hydrogen) atoms. The molecule has 184 valence electrons. The maximum atomic E-state index is 14.2. The molecule has 1 fully saturated rings. The predicted molar refractivity (Wildman–Crippen MR) is 127 cm³/mol. The van der Waals surface area contributed by atoms with Crippen LogP contribution in [-0.4, -0.2) is 55.4 Å². The molecule has 1 saturated heterocycles. The molecule has 0 spiro atoms. The van der Waals surface area contributed by atoms with Crippen molar-refractivity contribution in [1.82, 2.24) is 24.5 Å². The van der Waals surface area contributed by atoms with Crippen molar-refractivity contribution in [1.29, 1.82) is 0 Å². The fraction of sp³-hybridized carbons (Fsp3) is 0.400. The van der Waals surface area contributed by atoms with Crippen LogP contribution in [0.15, 0.2) is 48.7 Å². The second-order valence-corrected chi connectivity index (χ2v) is 9.72. The monoisotopic (exact) mass is 484 g/mol. The van der Waals surface area contributed by atoms with Crippen molar-refractivity contribution in [3.8, 4) is 17.3 Å². The highest BCUT2D eigenvalue weighted by atomic mass is 19.4. The number of benzene rings is 1. The SMILES string of the molecule is CC(C)Oc1cccc2ccc(-c3nnc4ccc([C@@H](N5CC[C@@](C)(N)C5)C(F)(F)F)cn34)nc12. The van der Waals surface area contributed by atoms with Gasteiger partial charge in [0.2, 0.25) is 0 Å².